The molecule has 1 saturated carbocycles. The lowest BCUT2D eigenvalue weighted by Crippen LogP contribution is -2.49. The molecule has 1 aliphatic carbocycles. The largest absolute Gasteiger partial charge is 0.480 e. The van der Waals surface area contributed by atoms with Crippen molar-refractivity contribution in [2.24, 2.45) is 5.92 Å². The summed E-state index contributed by atoms with van der Waals surface area (Å²) in [5.41, 5.74) is 0.173. The zero-order valence-corrected chi connectivity index (χ0v) is 14.7. The van der Waals surface area contributed by atoms with Crippen LogP contribution in [0.2, 0.25) is 0 Å². The second kappa shape index (κ2) is 7.04. The Morgan fingerprint density at radius 2 is 1.88 bits per heavy atom. The van der Waals surface area contributed by atoms with Crippen molar-refractivity contribution in [2.45, 2.75) is 23.8 Å². The van der Waals surface area contributed by atoms with Gasteiger partial charge in [-0.2, -0.15) is 4.31 Å². The third-order valence-electron chi connectivity index (χ3n) is 4.40. The van der Waals surface area contributed by atoms with Crippen LogP contribution >= 0.6 is 0 Å². The Kier molecular flexibility index (Phi) is 4.97. The molecule has 2 amide bonds. The summed E-state index contributed by atoms with van der Waals surface area (Å²) in [5, 5.41) is 14.2. The highest BCUT2D eigenvalue weighted by Crippen LogP contribution is 2.32. The van der Waals surface area contributed by atoms with Crippen LogP contribution < -0.4 is 10.6 Å². The molecule has 1 atom stereocenters. The van der Waals surface area contributed by atoms with Crippen molar-refractivity contribution in [3.8, 4) is 0 Å². The maximum Gasteiger partial charge on any atom is 0.326 e. The number of benzene rings is 1. The van der Waals surface area contributed by atoms with E-state index in [1.54, 1.807) is 0 Å². The van der Waals surface area contributed by atoms with Crippen molar-refractivity contribution < 1.29 is 27.9 Å². The van der Waals surface area contributed by atoms with Crippen molar-refractivity contribution in [1.82, 2.24) is 14.9 Å². The Bertz CT molecular complexity index is 832. The Morgan fingerprint density at radius 1 is 1.23 bits per heavy atom. The van der Waals surface area contributed by atoms with Crippen LogP contribution in [0.25, 0.3) is 0 Å². The summed E-state index contributed by atoms with van der Waals surface area (Å²) in [7, 11) is -3.83. The number of carbonyl (C=O) groups is 3. The van der Waals surface area contributed by atoms with Gasteiger partial charge in [-0.25, -0.2) is 13.2 Å². The van der Waals surface area contributed by atoms with Crippen LogP contribution in [-0.2, 0) is 19.6 Å². The summed E-state index contributed by atoms with van der Waals surface area (Å²) < 4.78 is 26.2. The first-order chi connectivity index (χ1) is 12.3. The van der Waals surface area contributed by atoms with Crippen LogP contribution in [-0.4, -0.2) is 61.3 Å². The quantitative estimate of drug-likeness (QED) is 0.603. The molecule has 26 heavy (non-hydrogen) atoms. The standard InChI is InChI=1S/C16H19N3O6S/c20-13-9-19(8-7-17-13)26(24,25)12-5-3-11(4-6-12)15(21)18-14(16(22)23)10-1-2-10/h3-6,10,14H,1-2,7-9H2,(H,17,20)(H,18,21)(H,22,23). The van der Waals surface area contributed by atoms with E-state index in [9.17, 15) is 22.8 Å². The highest BCUT2D eigenvalue weighted by Gasteiger charge is 2.37. The number of aliphatic carboxylic acids is 1. The smallest absolute Gasteiger partial charge is 0.326 e. The van der Waals surface area contributed by atoms with Crippen molar-refractivity contribution in [3.63, 3.8) is 0 Å². The van der Waals surface area contributed by atoms with E-state index in [2.05, 4.69) is 10.6 Å². The first-order valence-corrected chi connectivity index (χ1v) is 9.63. The minimum Gasteiger partial charge on any atom is -0.480 e. The number of hydrogen-bond acceptors (Lipinski definition) is 5. The van der Waals surface area contributed by atoms with Gasteiger partial charge in [0.15, 0.2) is 0 Å². The molecule has 3 N–H and O–H groups in total. The fraction of sp³-hybridized carbons (Fsp3) is 0.438. The number of nitrogens with zero attached hydrogens (tertiary/aromatic N) is 1. The zero-order valence-electron chi connectivity index (χ0n) is 13.8. The molecule has 2 fully saturated rings. The third kappa shape index (κ3) is 3.86. The van der Waals surface area contributed by atoms with Gasteiger partial charge >= 0.3 is 5.97 Å². The zero-order chi connectivity index (χ0) is 18.9. The average molecular weight is 381 g/mol. The van der Waals surface area contributed by atoms with Gasteiger partial charge in [0.2, 0.25) is 15.9 Å². The molecular formula is C16H19N3O6S. The molecule has 0 spiro atoms. The van der Waals surface area contributed by atoms with E-state index < -0.39 is 27.9 Å². The van der Waals surface area contributed by atoms with Crippen LogP contribution in [0.1, 0.15) is 23.2 Å². The van der Waals surface area contributed by atoms with Crippen molar-refractivity contribution in [2.75, 3.05) is 19.6 Å². The van der Waals surface area contributed by atoms with Gasteiger partial charge in [0, 0.05) is 18.7 Å². The molecule has 3 rings (SSSR count). The first kappa shape index (κ1) is 18.3. The number of carbonyl (C=O) groups excluding carboxylic acids is 2. The van der Waals surface area contributed by atoms with Crippen LogP contribution in [0, 0.1) is 5.92 Å². The molecule has 10 heteroatoms. The average Bonchev–Trinajstić information content (AvgIpc) is 3.44. The Labute approximate surface area is 150 Å². The number of piperazine rings is 1. The summed E-state index contributed by atoms with van der Waals surface area (Å²) in [4.78, 5) is 34.8. The van der Waals surface area contributed by atoms with Gasteiger partial charge in [-0.15, -0.1) is 0 Å². The summed E-state index contributed by atoms with van der Waals surface area (Å²) in [5.74, 6) is -2.06. The maximum atomic E-state index is 12.5. The van der Waals surface area contributed by atoms with Crippen LogP contribution in [0.15, 0.2) is 29.2 Å². The van der Waals surface area contributed by atoms with E-state index in [1.165, 1.54) is 24.3 Å². The number of carboxylic acid groups (broad SMARTS) is 1. The summed E-state index contributed by atoms with van der Waals surface area (Å²) in [6, 6.07) is 4.29. The molecule has 1 unspecified atom stereocenters. The number of amides is 2. The molecule has 2 aliphatic rings. The molecule has 1 aromatic carbocycles. The summed E-state index contributed by atoms with van der Waals surface area (Å²) in [6.45, 7) is 0.181. The summed E-state index contributed by atoms with van der Waals surface area (Å²) in [6.07, 6.45) is 1.52. The molecule has 0 bridgehead atoms. The molecule has 1 aromatic rings. The van der Waals surface area contributed by atoms with Gasteiger partial charge in [-0.3, -0.25) is 9.59 Å². The number of hydrogen-bond donors (Lipinski definition) is 3. The van der Waals surface area contributed by atoms with Crippen molar-refractivity contribution in [3.05, 3.63) is 29.8 Å². The minimum absolute atomic E-state index is 0.0271. The highest BCUT2D eigenvalue weighted by molar-refractivity contribution is 7.89. The van der Waals surface area contributed by atoms with Crippen molar-refractivity contribution >= 4 is 27.8 Å². The van der Waals surface area contributed by atoms with Gasteiger partial charge in [-0.1, -0.05) is 0 Å². The van der Waals surface area contributed by atoms with Crippen LogP contribution in [0.5, 0.6) is 0 Å². The van der Waals surface area contributed by atoms with E-state index in [1.807, 2.05) is 0 Å². The number of sulfonamides is 1. The lowest BCUT2D eigenvalue weighted by atomic mass is 10.1. The molecule has 9 nitrogen and oxygen atoms in total. The van der Waals surface area contributed by atoms with E-state index in [-0.39, 0.29) is 41.9 Å². The van der Waals surface area contributed by atoms with Crippen LogP contribution in [0.4, 0.5) is 0 Å². The lowest BCUT2D eigenvalue weighted by molar-refractivity contribution is -0.139. The van der Waals surface area contributed by atoms with Gasteiger partial charge < -0.3 is 15.7 Å². The number of carboxylic acids is 1. The van der Waals surface area contributed by atoms with E-state index in [4.69, 9.17) is 5.11 Å². The van der Waals surface area contributed by atoms with Gasteiger partial charge in [-0.05, 0) is 43.0 Å². The SMILES string of the molecule is O=C1CN(S(=O)(=O)c2ccc(C(=O)NC(C(=O)O)C3CC3)cc2)CCN1. The van der Waals surface area contributed by atoms with Gasteiger partial charge in [0.25, 0.3) is 5.91 Å². The van der Waals surface area contributed by atoms with Gasteiger partial charge in [0.05, 0.1) is 11.4 Å². The first-order valence-electron chi connectivity index (χ1n) is 8.19. The van der Waals surface area contributed by atoms with E-state index in [0.717, 1.165) is 17.1 Å². The second-order valence-corrected chi connectivity index (χ2v) is 8.28. The molecule has 140 valence electrons. The molecule has 1 aliphatic heterocycles. The number of nitrogens with one attached hydrogen (secondary N) is 2. The predicted octanol–water partition coefficient (Wildman–Crippen LogP) is -0.600. The van der Waals surface area contributed by atoms with E-state index in [0.29, 0.717) is 0 Å². The maximum absolute atomic E-state index is 12.5. The van der Waals surface area contributed by atoms with Crippen molar-refractivity contribution in [1.29, 1.82) is 0 Å². The van der Waals surface area contributed by atoms with Crippen LogP contribution in [0.3, 0.4) is 0 Å². The monoisotopic (exact) mass is 381 g/mol. The Morgan fingerprint density at radius 3 is 2.42 bits per heavy atom. The van der Waals surface area contributed by atoms with E-state index >= 15 is 0 Å². The molecular weight excluding hydrogens is 362 g/mol. The third-order valence-corrected chi connectivity index (χ3v) is 6.26. The predicted molar refractivity (Wildman–Crippen MR) is 89.8 cm³/mol. The fourth-order valence-electron chi connectivity index (χ4n) is 2.78. The molecule has 0 aromatic heterocycles. The minimum atomic E-state index is -3.83. The summed E-state index contributed by atoms with van der Waals surface area (Å²) >= 11 is 0. The molecule has 0 radical (unpaired) electrons. The fourth-order valence-corrected chi connectivity index (χ4v) is 4.18. The highest BCUT2D eigenvalue weighted by atomic mass is 32.2. The topological polar surface area (TPSA) is 133 Å². The van der Waals surface area contributed by atoms with Gasteiger partial charge in [0.1, 0.15) is 6.04 Å². The molecule has 1 heterocycles. The second-order valence-electron chi connectivity index (χ2n) is 6.34. The molecule has 1 saturated heterocycles. The normalized spacial score (nSPS) is 19.5. The Balaban J connectivity index is 1.72. The Hall–Kier alpha value is -2.46. The number of rotatable bonds is 6. The lowest BCUT2D eigenvalue weighted by Gasteiger charge is -2.25.